The highest BCUT2D eigenvalue weighted by Crippen LogP contribution is 2.21. The van der Waals surface area contributed by atoms with Crippen LogP contribution in [0.25, 0.3) is 0 Å². The van der Waals surface area contributed by atoms with Gasteiger partial charge in [-0.05, 0) is 25.1 Å². The van der Waals surface area contributed by atoms with Crippen molar-refractivity contribution in [1.29, 1.82) is 0 Å². The Morgan fingerprint density at radius 2 is 2.30 bits per heavy atom. The molecular formula is C15H21ClN2O2. The minimum Gasteiger partial charge on any atom is -0.489 e. The van der Waals surface area contributed by atoms with Crippen LogP contribution in [0.5, 0.6) is 5.75 Å². The number of rotatable bonds is 5. The number of hydrogen-bond donors (Lipinski definition) is 1. The molecule has 1 unspecified atom stereocenters. The lowest BCUT2D eigenvalue weighted by molar-refractivity contribution is 0.0740. The third-order valence-electron chi connectivity index (χ3n) is 3.38. The van der Waals surface area contributed by atoms with Crippen LogP contribution in [-0.4, -0.2) is 43.6 Å². The molecule has 0 radical (unpaired) electrons. The van der Waals surface area contributed by atoms with Crippen molar-refractivity contribution >= 4 is 18.3 Å². The third-order valence-corrected chi connectivity index (χ3v) is 3.38. The van der Waals surface area contributed by atoms with Gasteiger partial charge in [-0.2, -0.15) is 0 Å². The van der Waals surface area contributed by atoms with Gasteiger partial charge in [0.1, 0.15) is 12.4 Å². The average Bonchev–Trinajstić information content (AvgIpc) is 2.98. The molecule has 4 nitrogen and oxygen atoms in total. The molecule has 1 saturated heterocycles. The van der Waals surface area contributed by atoms with Crippen LogP contribution in [0.1, 0.15) is 16.8 Å². The first-order chi connectivity index (χ1) is 9.24. The van der Waals surface area contributed by atoms with E-state index in [1.165, 1.54) is 0 Å². The van der Waals surface area contributed by atoms with Gasteiger partial charge in [0.15, 0.2) is 0 Å². The zero-order valence-corrected chi connectivity index (χ0v) is 12.5. The van der Waals surface area contributed by atoms with Gasteiger partial charge < -0.3 is 15.0 Å². The molecule has 0 aliphatic carbocycles. The summed E-state index contributed by atoms with van der Waals surface area (Å²) in [4.78, 5) is 14.3. The van der Waals surface area contributed by atoms with Crippen molar-refractivity contribution in [3.8, 4) is 5.75 Å². The van der Waals surface area contributed by atoms with E-state index in [0.29, 0.717) is 17.9 Å². The SMILES string of the molecule is C=CCOc1ccccc1C(=O)N(C)C1CCNC1.Cl. The van der Waals surface area contributed by atoms with Crippen molar-refractivity contribution in [3.63, 3.8) is 0 Å². The average molecular weight is 297 g/mol. The molecule has 1 atom stereocenters. The zero-order chi connectivity index (χ0) is 13.7. The van der Waals surface area contributed by atoms with Crippen LogP contribution in [0.15, 0.2) is 36.9 Å². The molecular weight excluding hydrogens is 276 g/mol. The lowest BCUT2D eigenvalue weighted by Crippen LogP contribution is -2.38. The third kappa shape index (κ3) is 3.74. The maximum atomic E-state index is 12.5. The first-order valence-electron chi connectivity index (χ1n) is 6.54. The predicted octanol–water partition coefficient (Wildman–Crippen LogP) is 2.11. The fraction of sp³-hybridized carbons (Fsp3) is 0.400. The fourth-order valence-electron chi connectivity index (χ4n) is 2.24. The van der Waals surface area contributed by atoms with Crippen LogP contribution in [0.4, 0.5) is 0 Å². The lowest BCUT2D eigenvalue weighted by Gasteiger charge is -2.24. The highest BCUT2D eigenvalue weighted by Gasteiger charge is 2.25. The molecule has 0 bridgehead atoms. The number of halogens is 1. The molecule has 1 amide bonds. The van der Waals surface area contributed by atoms with Crippen molar-refractivity contribution in [2.75, 3.05) is 26.7 Å². The summed E-state index contributed by atoms with van der Waals surface area (Å²) in [6, 6.07) is 7.61. The van der Waals surface area contributed by atoms with E-state index in [9.17, 15) is 4.79 Å². The number of likely N-dealkylation sites (N-methyl/N-ethyl adjacent to an activating group) is 1. The second-order valence-corrected chi connectivity index (χ2v) is 4.66. The Morgan fingerprint density at radius 1 is 1.55 bits per heavy atom. The van der Waals surface area contributed by atoms with Crippen molar-refractivity contribution in [3.05, 3.63) is 42.5 Å². The van der Waals surface area contributed by atoms with Gasteiger partial charge in [-0.15, -0.1) is 12.4 Å². The molecule has 110 valence electrons. The number of carbonyl (C=O) groups is 1. The molecule has 1 aliphatic rings. The van der Waals surface area contributed by atoms with Crippen LogP contribution < -0.4 is 10.1 Å². The molecule has 1 aromatic rings. The van der Waals surface area contributed by atoms with E-state index in [0.717, 1.165) is 19.5 Å². The number of hydrogen-bond acceptors (Lipinski definition) is 3. The molecule has 20 heavy (non-hydrogen) atoms. The normalized spacial score (nSPS) is 17.1. The molecule has 5 heteroatoms. The van der Waals surface area contributed by atoms with Crippen LogP contribution in [0, 0.1) is 0 Å². The number of amides is 1. The standard InChI is InChI=1S/C15H20N2O2.ClH/c1-3-10-19-14-7-5-4-6-13(14)15(18)17(2)12-8-9-16-11-12;/h3-7,12,16H,1,8-11H2,2H3;1H. The summed E-state index contributed by atoms with van der Waals surface area (Å²) in [5.41, 5.74) is 0.610. The second-order valence-electron chi connectivity index (χ2n) is 4.66. The van der Waals surface area contributed by atoms with E-state index in [1.54, 1.807) is 17.0 Å². The molecule has 0 aromatic heterocycles. The van der Waals surface area contributed by atoms with Gasteiger partial charge in [-0.1, -0.05) is 24.8 Å². The Hall–Kier alpha value is -1.52. The van der Waals surface area contributed by atoms with E-state index in [4.69, 9.17) is 4.74 Å². The van der Waals surface area contributed by atoms with Crippen LogP contribution in [0.2, 0.25) is 0 Å². The van der Waals surface area contributed by atoms with Crippen molar-refractivity contribution in [2.24, 2.45) is 0 Å². The van der Waals surface area contributed by atoms with E-state index in [1.807, 2.05) is 25.2 Å². The quantitative estimate of drug-likeness (QED) is 0.846. The van der Waals surface area contributed by atoms with E-state index >= 15 is 0 Å². The van der Waals surface area contributed by atoms with E-state index in [2.05, 4.69) is 11.9 Å². The van der Waals surface area contributed by atoms with Gasteiger partial charge in [0.05, 0.1) is 5.56 Å². The molecule has 2 rings (SSSR count). The number of carbonyl (C=O) groups excluding carboxylic acids is 1. The number of ether oxygens (including phenoxy) is 1. The summed E-state index contributed by atoms with van der Waals surface area (Å²) < 4.78 is 5.54. The van der Waals surface area contributed by atoms with Crippen LogP contribution in [0.3, 0.4) is 0 Å². The molecule has 0 saturated carbocycles. The molecule has 0 spiro atoms. The fourth-order valence-corrected chi connectivity index (χ4v) is 2.24. The minimum absolute atomic E-state index is 0. The summed E-state index contributed by atoms with van der Waals surface area (Å²) in [5, 5.41) is 3.27. The Labute approximate surface area is 126 Å². The summed E-state index contributed by atoms with van der Waals surface area (Å²) in [6.45, 7) is 5.85. The number of nitrogens with one attached hydrogen (secondary N) is 1. The molecule has 1 fully saturated rings. The maximum absolute atomic E-state index is 12.5. The summed E-state index contributed by atoms with van der Waals surface area (Å²) in [7, 11) is 1.85. The summed E-state index contributed by atoms with van der Waals surface area (Å²) >= 11 is 0. The van der Waals surface area contributed by atoms with Gasteiger partial charge in [-0.3, -0.25) is 4.79 Å². The van der Waals surface area contributed by atoms with Crippen molar-refractivity contribution < 1.29 is 9.53 Å². The maximum Gasteiger partial charge on any atom is 0.257 e. The molecule has 1 aliphatic heterocycles. The lowest BCUT2D eigenvalue weighted by atomic mass is 10.1. The largest absolute Gasteiger partial charge is 0.489 e. The Bertz CT molecular complexity index is 459. The Kier molecular flexibility index (Phi) is 6.55. The second kappa shape index (κ2) is 7.92. The topological polar surface area (TPSA) is 41.6 Å². The highest BCUT2D eigenvalue weighted by atomic mass is 35.5. The van der Waals surface area contributed by atoms with Gasteiger partial charge in [0.2, 0.25) is 0 Å². The Morgan fingerprint density at radius 3 is 2.95 bits per heavy atom. The first-order valence-corrected chi connectivity index (χ1v) is 6.54. The molecule has 1 aromatic carbocycles. The van der Waals surface area contributed by atoms with Gasteiger partial charge in [0.25, 0.3) is 5.91 Å². The summed E-state index contributed by atoms with van der Waals surface area (Å²) in [5.74, 6) is 0.624. The minimum atomic E-state index is 0. The van der Waals surface area contributed by atoms with Gasteiger partial charge >= 0.3 is 0 Å². The predicted molar refractivity (Wildman–Crippen MR) is 82.8 cm³/mol. The van der Waals surface area contributed by atoms with Crippen molar-refractivity contribution in [2.45, 2.75) is 12.5 Å². The first kappa shape index (κ1) is 16.5. The highest BCUT2D eigenvalue weighted by molar-refractivity contribution is 5.97. The van der Waals surface area contributed by atoms with Crippen molar-refractivity contribution in [1.82, 2.24) is 10.2 Å². The number of para-hydroxylation sites is 1. The Balaban J connectivity index is 0.00000200. The number of nitrogens with zero attached hydrogens (tertiary/aromatic N) is 1. The van der Waals surface area contributed by atoms with E-state index < -0.39 is 0 Å². The van der Waals surface area contributed by atoms with Crippen LogP contribution >= 0.6 is 12.4 Å². The van der Waals surface area contributed by atoms with Crippen LogP contribution in [-0.2, 0) is 0 Å². The summed E-state index contributed by atoms with van der Waals surface area (Å²) in [6.07, 6.45) is 2.67. The zero-order valence-electron chi connectivity index (χ0n) is 11.7. The van der Waals surface area contributed by atoms with Gasteiger partial charge in [0, 0.05) is 19.6 Å². The molecule has 1 heterocycles. The van der Waals surface area contributed by atoms with Gasteiger partial charge in [-0.25, -0.2) is 0 Å². The smallest absolute Gasteiger partial charge is 0.257 e. The van der Waals surface area contributed by atoms with E-state index in [-0.39, 0.29) is 24.4 Å². The monoisotopic (exact) mass is 296 g/mol. The molecule has 1 N–H and O–H groups in total. The number of benzene rings is 1.